The molecule has 0 saturated carbocycles. The molecule has 0 fully saturated rings. The van der Waals surface area contributed by atoms with Gasteiger partial charge in [-0.25, -0.2) is 9.67 Å². The van der Waals surface area contributed by atoms with Crippen molar-refractivity contribution in [2.45, 2.75) is 6.92 Å². The van der Waals surface area contributed by atoms with E-state index < -0.39 is 10.8 Å². The lowest BCUT2D eigenvalue weighted by molar-refractivity contribution is -0.384. The molecule has 0 aliphatic carbocycles. The summed E-state index contributed by atoms with van der Waals surface area (Å²) >= 11 is 6.14. The van der Waals surface area contributed by atoms with E-state index in [1.54, 1.807) is 28.9 Å². The number of aryl methyl sites for hydroxylation is 1. The minimum atomic E-state index is -0.588. The molecule has 0 bridgehead atoms. The molecule has 1 aromatic heterocycles. The van der Waals surface area contributed by atoms with Crippen LogP contribution in [-0.4, -0.2) is 25.6 Å². The largest absolute Gasteiger partial charge is 0.319 e. The highest BCUT2D eigenvalue weighted by molar-refractivity contribution is 6.30. The predicted octanol–water partition coefficient (Wildman–Crippen LogP) is 5.06. The summed E-state index contributed by atoms with van der Waals surface area (Å²) in [6, 6.07) is 20.4. The fourth-order valence-electron chi connectivity index (χ4n) is 2.97. The molecule has 0 aliphatic rings. The van der Waals surface area contributed by atoms with Gasteiger partial charge in [0.05, 0.1) is 10.6 Å². The third kappa shape index (κ3) is 4.44. The van der Waals surface area contributed by atoms with Crippen molar-refractivity contribution >= 4 is 28.9 Å². The van der Waals surface area contributed by atoms with Crippen LogP contribution >= 0.6 is 11.6 Å². The molecule has 9 heteroatoms. The van der Waals surface area contributed by atoms with Gasteiger partial charge in [0.1, 0.15) is 0 Å². The fraction of sp³-hybridized carbons (Fsp3) is 0.0455. The molecular formula is C22H16ClN5O3. The summed E-state index contributed by atoms with van der Waals surface area (Å²) in [4.78, 5) is 27.7. The molecule has 4 aromatic rings. The van der Waals surface area contributed by atoms with Gasteiger partial charge in [-0.2, -0.15) is 0 Å². The van der Waals surface area contributed by atoms with Gasteiger partial charge < -0.3 is 5.32 Å². The number of halogens is 1. The number of nitro groups is 1. The Morgan fingerprint density at radius 2 is 1.81 bits per heavy atom. The molecule has 0 spiro atoms. The monoisotopic (exact) mass is 433 g/mol. The molecule has 0 atom stereocenters. The van der Waals surface area contributed by atoms with E-state index in [9.17, 15) is 14.9 Å². The van der Waals surface area contributed by atoms with Crippen LogP contribution < -0.4 is 5.32 Å². The first-order valence-electron chi connectivity index (χ1n) is 9.26. The first-order valence-corrected chi connectivity index (χ1v) is 9.64. The number of carbonyl (C=O) groups is 1. The molecule has 4 rings (SSSR count). The highest BCUT2D eigenvalue weighted by Gasteiger charge is 2.20. The maximum atomic E-state index is 12.8. The number of hydrogen-bond acceptors (Lipinski definition) is 5. The molecule has 3 aromatic carbocycles. The summed E-state index contributed by atoms with van der Waals surface area (Å²) in [5.74, 6) is -0.229. The Morgan fingerprint density at radius 3 is 2.52 bits per heavy atom. The number of carbonyl (C=O) groups excluding carboxylic acids is 1. The third-order valence-electron chi connectivity index (χ3n) is 4.49. The minimum absolute atomic E-state index is 0.0814. The molecule has 1 heterocycles. The number of benzene rings is 3. The van der Waals surface area contributed by atoms with Gasteiger partial charge in [0.15, 0.2) is 5.82 Å². The lowest BCUT2D eigenvalue weighted by atomic mass is 10.2. The van der Waals surface area contributed by atoms with Crippen LogP contribution in [0.25, 0.3) is 17.1 Å². The average molecular weight is 434 g/mol. The number of non-ortho nitro benzene ring substituents is 1. The van der Waals surface area contributed by atoms with E-state index in [4.69, 9.17) is 11.6 Å². The van der Waals surface area contributed by atoms with E-state index in [1.807, 2.05) is 37.3 Å². The Kier molecular flexibility index (Phi) is 5.46. The van der Waals surface area contributed by atoms with Gasteiger partial charge in [0, 0.05) is 28.4 Å². The van der Waals surface area contributed by atoms with Crippen molar-refractivity contribution < 1.29 is 9.72 Å². The molecule has 31 heavy (non-hydrogen) atoms. The third-order valence-corrected chi connectivity index (χ3v) is 4.72. The Hall–Kier alpha value is -4.04. The number of nitrogens with one attached hydrogen (secondary N) is 1. The van der Waals surface area contributed by atoms with Gasteiger partial charge in [-0.05, 0) is 37.3 Å². The highest BCUT2D eigenvalue weighted by Crippen LogP contribution is 2.25. The van der Waals surface area contributed by atoms with Crippen molar-refractivity contribution in [1.82, 2.24) is 14.8 Å². The molecule has 0 aliphatic heterocycles. The second kappa shape index (κ2) is 8.37. The number of amides is 1. The molecule has 8 nitrogen and oxygen atoms in total. The van der Waals surface area contributed by atoms with Crippen molar-refractivity contribution in [3.8, 4) is 17.1 Å². The van der Waals surface area contributed by atoms with E-state index in [0.717, 1.165) is 11.3 Å². The second-order valence-electron chi connectivity index (χ2n) is 6.78. The Labute approximate surface area is 182 Å². The van der Waals surface area contributed by atoms with Crippen LogP contribution in [0.15, 0.2) is 72.8 Å². The summed E-state index contributed by atoms with van der Waals surface area (Å²) < 4.78 is 1.56. The summed E-state index contributed by atoms with van der Waals surface area (Å²) in [6.07, 6.45) is 0. The molecular weight excluding hydrogens is 418 g/mol. The summed E-state index contributed by atoms with van der Waals surface area (Å²) in [5.41, 5.74) is 2.64. The average Bonchev–Trinajstić information content (AvgIpc) is 3.20. The van der Waals surface area contributed by atoms with Crippen molar-refractivity contribution in [3.63, 3.8) is 0 Å². The SMILES string of the molecule is Cc1ccc(-n2nc(C(=O)Nc3cccc([N+](=O)[O-])c3)nc2-c2cccc(Cl)c2)cc1. The van der Waals surface area contributed by atoms with Crippen LogP contribution in [0.5, 0.6) is 0 Å². The molecule has 0 radical (unpaired) electrons. The number of anilines is 1. The summed E-state index contributed by atoms with van der Waals surface area (Å²) in [5, 5.41) is 18.5. The number of nitro benzene ring substituents is 1. The fourth-order valence-corrected chi connectivity index (χ4v) is 3.16. The number of hydrogen-bond donors (Lipinski definition) is 1. The normalized spacial score (nSPS) is 10.6. The Morgan fingerprint density at radius 1 is 1.06 bits per heavy atom. The number of rotatable bonds is 5. The number of aromatic nitrogens is 3. The second-order valence-corrected chi connectivity index (χ2v) is 7.21. The van der Waals surface area contributed by atoms with E-state index in [1.165, 1.54) is 18.2 Å². The van der Waals surface area contributed by atoms with E-state index in [-0.39, 0.29) is 17.2 Å². The van der Waals surface area contributed by atoms with Gasteiger partial charge >= 0.3 is 0 Å². The molecule has 154 valence electrons. The van der Waals surface area contributed by atoms with Gasteiger partial charge in [-0.15, -0.1) is 5.10 Å². The van der Waals surface area contributed by atoms with Crippen LogP contribution in [0.3, 0.4) is 0 Å². The quantitative estimate of drug-likeness (QED) is 0.350. The highest BCUT2D eigenvalue weighted by atomic mass is 35.5. The zero-order valence-electron chi connectivity index (χ0n) is 16.3. The van der Waals surface area contributed by atoms with E-state index in [2.05, 4.69) is 15.4 Å². The van der Waals surface area contributed by atoms with Crippen LogP contribution in [0.2, 0.25) is 5.02 Å². The zero-order chi connectivity index (χ0) is 22.0. The minimum Gasteiger partial charge on any atom is -0.319 e. The van der Waals surface area contributed by atoms with Gasteiger partial charge in [-0.3, -0.25) is 14.9 Å². The summed E-state index contributed by atoms with van der Waals surface area (Å²) in [7, 11) is 0. The first-order chi connectivity index (χ1) is 14.9. The van der Waals surface area contributed by atoms with Crippen molar-refractivity contribution in [2.24, 2.45) is 0 Å². The van der Waals surface area contributed by atoms with E-state index >= 15 is 0 Å². The number of nitrogens with zero attached hydrogens (tertiary/aromatic N) is 4. The maximum Gasteiger partial charge on any atom is 0.295 e. The van der Waals surface area contributed by atoms with Crippen LogP contribution in [0.1, 0.15) is 16.2 Å². The maximum absolute atomic E-state index is 12.8. The molecule has 0 unspecified atom stereocenters. The molecule has 0 saturated heterocycles. The Balaban J connectivity index is 1.74. The van der Waals surface area contributed by atoms with Gasteiger partial charge in [0.2, 0.25) is 5.82 Å². The molecule has 1 N–H and O–H groups in total. The standard InChI is InChI=1S/C22H16ClN5O3/c1-14-8-10-18(11-9-14)27-21(15-4-2-5-16(23)12-15)25-20(26-27)22(29)24-17-6-3-7-19(13-17)28(30)31/h2-13H,1H3,(H,24,29). The van der Waals surface area contributed by atoms with Gasteiger partial charge in [-0.1, -0.05) is 47.5 Å². The topological polar surface area (TPSA) is 103 Å². The first kappa shape index (κ1) is 20.2. The van der Waals surface area contributed by atoms with Gasteiger partial charge in [0.25, 0.3) is 11.6 Å². The summed E-state index contributed by atoms with van der Waals surface area (Å²) in [6.45, 7) is 1.97. The van der Waals surface area contributed by atoms with Crippen molar-refractivity contribution in [2.75, 3.05) is 5.32 Å². The van der Waals surface area contributed by atoms with Crippen molar-refractivity contribution in [3.05, 3.63) is 99.3 Å². The van der Waals surface area contributed by atoms with Crippen molar-refractivity contribution in [1.29, 1.82) is 0 Å². The van der Waals surface area contributed by atoms with Crippen LogP contribution in [-0.2, 0) is 0 Å². The lowest BCUT2D eigenvalue weighted by Crippen LogP contribution is -2.14. The lowest BCUT2D eigenvalue weighted by Gasteiger charge is -2.06. The van der Waals surface area contributed by atoms with E-state index in [0.29, 0.717) is 16.4 Å². The Bertz CT molecular complexity index is 1280. The predicted molar refractivity (Wildman–Crippen MR) is 118 cm³/mol. The molecule has 1 amide bonds. The van der Waals surface area contributed by atoms with Crippen LogP contribution in [0.4, 0.5) is 11.4 Å². The smallest absolute Gasteiger partial charge is 0.295 e. The zero-order valence-corrected chi connectivity index (χ0v) is 17.1. The van der Waals surface area contributed by atoms with Crippen LogP contribution in [0, 0.1) is 17.0 Å².